The summed E-state index contributed by atoms with van der Waals surface area (Å²) in [6.45, 7) is 3.48. The molecule has 2 aromatic rings. The molecular formula is C18H24Cl2N2O3. The summed E-state index contributed by atoms with van der Waals surface area (Å²) >= 11 is 0. The van der Waals surface area contributed by atoms with Crippen molar-refractivity contribution in [2.75, 3.05) is 23.8 Å². The molecule has 0 saturated carbocycles. The maximum absolute atomic E-state index is 9.89. The van der Waals surface area contributed by atoms with Crippen molar-refractivity contribution in [1.29, 1.82) is 0 Å². The first-order valence-corrected chi connectivity index (χ1v) is 7.87. The van der Waals surface area contributed by atoms with Crippen molar-refractivity contribution in [1.82, 2.24) is 0 Å². The average molecular weight is 387 g/mol. The minimum absolute atomic E-state index is 0. The van der Waals surface area contributed by atoms with E-state index in [1.807, 2.05) is 24.3 Å². The SMILES string of the molecule is Cc1cc(Nc2ccc(NCC3CCCO3)cc2)c(O)cc1O.Cl.Cl. The van der Waals surface area contributed by atoms with Gasteiger partial charge in [0.2, 0.25) is 0 Å². The number of anilines is 3. The summed E-state index contributed by atoms with van der Waals surface area (Å²) in [7, 11) is 0. The van der Waals surface area contributed by atoms with E-state index in [-0.39, 0.29) is 36.3 Å². The van der Waals surface area contributed by atoms with Crippen LogP contribution in [0.15, 0.2) is 36.4 Å². The molecule has 1 fully saturated rings. The van der Waals surface area contributed by atoms with Crippen molar-refractivity contribution in [3.63, 3.8) is 0 Å². The van der Waals surface area contributed by atoms with E-state index in [9.17, 15) is 10.2 Å². The van der Waals surface area contributed by atoms with Gasteiger partial charge in [0.05, 0.1) is 11.8 Å². The number of ether oxygens (including phenoxy) is 1. The van der Waals surface area contributed by atoms with Crippen molar-refractivity contribution < 1.29 is 14.9 Å². The normalized spacial score (nSPS) is 15.8. The smallest absolute Gasteiger partial charge is 0.142 e. The maximum atomic E-state index is 9.89. The van der Waals surface area contributed by atoms with E-state index in [0.29, 0.717) is 17.4 Å². The lowest BCUT2D eigenvalue weighted by molar-refractivity contribution is 0.120. The van der Waals surface area contributed by atoms with Crippen molar-refractivity contribution in [3.05, 3.63) is 42.0 Å². The average Bonchev–Trinajstić information content (AvgIpc) is 3.05. The molecule has 25 heavy (non-hydrogen) atoms. The van der Waals surface area contributed by atoms with Gasteiger partial charge >= 0.3 is 0 Å². The highest BCUT2D eigenvalue weighted by Crippen LogP contribution is 2.33. The molecule has 1 saturated heterocycles. The van der Waals surface area contributed by atoms with Crippen molar-refractivity contribution in [2.45, 2.75) is 25.9 Å². The molecule has 0 amide bonds. The third-order valence-corrected chi connectivity index (χ3v) is 4.04. The van der Waals surface area contributed by atoms with Crippen LogP contribution in [0.1, 0.15) is 18.4 Å². The first kappa shape index (κ1) is 21.2. The van der Waals surface area contributed by atoms with Gasteiger partial charge in [0.25, 0.3) is 0 Å². The summed E-state index contributed by atoms with van der Waals surface area (Å²) in [6.07, 6.45) is 2.57. The van der Waals surface area contributed by atoms with Crippen LogP contribution >= 0.6 is 24.8 Å². The van der Waals surface area contributed by atoms with Crippen LogP contribution in [0.4, 0.5) is 17.1 Å². The zero-order valence-electron chi connectivity index (χ0n) is 14.0. The Labute approximate surface area is 160 Å². The van der Waals surface area contributed by atoms with Crippen LogP contribution in [0, 0.1) is 6.92 Å². The van der Waals surface area contributed by atoms with E-state index in [0.717, 1.165) is 37.4 Å². The van der Waals surface area contributed by atoms with Crippen molar-refractivity contribution in [2.24, 2.45) is 0 Å². The summed E-state index contributed by atoms with van der Waals surface area (Å²) in [5.74, 6) is 0.107. The van der Waals surface area contributed by atoms with E-state index in [1.54, 1.807) is 13.0 Å². The van der Waals surface area contributed by atoms with E-state index < -0.39 is 0 Å². The predicted molar refractivity (Wildman–Crippen MR) is 106 cm³/mol. The van der Waals surface area contributed by atoms with Gasteiger partial charge in [-0.05, 0) is 55.7 Å². The second kappa shape index (κ2) is 9.61. The molecule has 1 aliphatic heterocycles. The Morgan fingerprint density at radius 3 is 2.36 bits per heavy atom. The molecule has 0 aromatic heterocycles. The molecule has 0 radical (unpaired) electrons. The van der Waals surface area contributed by atoms with Gasteiger partial charge in [0.15, 0.2) is 0 Å². The molecule has 2 aromatic carbocycles. The van der Waals surface area contributed by atoms with Crippen LogP contribution in [-0.2, 0) is 4.74 Å². The lowest BCUT2D eigenvalue weighted by Crippen LogP contribution is -2.18. The fraction of sp³-hybridized carbons (Fsp3) is 0.333. The van der Waals surface area contributed by atoms with Crippen LogP contribution in [0.25, 0.3) is 0 Å². The molecule has 1 heterocycles. The number of benzene rings is 2. The highest BCUT2D eigenvalue weighted by Gasteiger charge is 2.14. The number of phenolic OH excluding ortho intramolecular Hbond substituents is 2. The van der Waals surface area contributed by atoms with Crippen LogP contribution < -0.4 is 10.6 Å². The molecule has 1 unspecified atom stereocenters. The summed E-state index contributed by atoms with van der Waals surface area (Å²) in [4.78, 5) is 0. The van der Waals surface area contributed by atoms with Gasteiger partial charge in [-0.3, -0.25) is 0 Å². The minimum atomic E-state index is 0. The number of aryl methyl sites for hydroxylation is 1. The molecule has 0 spiro atoms. The summed E-state index contributed by atoms with van der Waals surface area (Å²) in [5.41, 5.74) is 3.19. The number of hydrogen-bond acceptors (Lipinski definition) is 5. The van der Waals surface area contributed by atoms with E-state index >= 15 is 0 Å². The third-order valence-electron chi connectivity index (χ3n) is 4.04. The highest BCUT2D eigenvalue weighted by molar-refractivity contribution is 5.85. The van der Waals surface area contributed by atoms with E-state index in [1.165, 1.54) is 6.07 Å². The van der Waals surface area contributed by atoms with Crippen molar-refractivity contribution in [3.8, 4) is 11.5 Å². The predicted octanol–water partition coefficient (Wildman–Crippen LogP) is 4.58. The molecule has 0 bridgehead atoms. The van der Waals surface area contributed by atoms with Gasteiger partial charge in [0.1, 0.15) is 11.5 Å². The molecule has 4 N–H and O–H groups in total. The Kier molecular flexibility index (Phi) is 8.16. The molecule has 3 rings (SSSR count). The maximum Gasteiger partial charge on any atom is 0.142 e. The third kappa shape index (κ3) is 5.59. The monoisotopic (exact) mass is 386 g/mol. The first-order chi connectivity index (χ1) is 11.1. The van der Waals surface area contributed by atoms with Crippen molar-refractivity contribution >= 4 is 41.9 Å². The summed E-state index contributed by atoms with van der Waals surface area (Å²) in [6, 6.07) is 10.9. The molecule has 7 heteroatoms. The number of nitrogens with one attached hydrogen (secondary N) is 2. The molecule has 5 nitrogen and oxygen atoms in total. The highest BCUT2D eigenvalue weighted by atomic mass is 35.5. The summed E-state index contributed by atoms with van der Waals surface area (Å²) in [5, 5.41) is 26.0. The van der Waals surface area contributed by atoms with Gasteiger partial charge in [-0.1, -0.05) is 0 Å². The number of rotatable bonds is 5. The standard InChI is InChI=1S/C18H22N2O3.2ClH/c1-12-9-16(18(22)10-17(12)21)20-14-6-4-13(5-7-14)19-11-15-3-2-8-23-15;;/h4-7,9-10,15,19-22H,2-3,8,11H2,1H3;2*1H. The van der Waals surface area contributed by atoms with Crippen LogP contribution in [0.2, 0.25) is 0 Å². The van der Waals surface area contributed by atoms with E-state index in [2.05, 4.69) is 10.6 Å². The molecule has 138 valence electrons. The molecular weight excluding hydrogens is 363 g/mol. The molecule has 1 atom stereocenters. The number of aromatic hydroxyl groups is 2. The number of phenols is 2. The quantitative estimate of drug-likeness (QED) is 0.446. The Hall–Kier alpha value is -1.82. The van der Waals surface area contributed by atoms with Gasteiger partial charge < -0.3 is 25.6 Å². The number of halogens is 2. The van der Waals surface area contributed by atoms with Gasteiger partial charge in [-0.2, -0.15) is 0 Å². The lowest BCUT2D eigenvalue weighted by atomic mass is 10.1. The molecule has 1 aliphatic rings. The van der Waals surface area contributed by atoms with Crippen LogP contribution in [0.5, 0.6) is 11.5 Å². The fourth-order valence-corrected chi connectivity index (χ4v) is 2.65. The van der Waals surface area contributed by atoms with E-state index in [4.69, 9.17) is 4.74 Å². The van der Waals surface area contributed by atoms with Crippen LogP contribution in [-0.4, -0.2) is 29.5 Å². The molecule has 0 aliphatic carbocycles. The zero-order chi connectivity index (χ0) is 16.2. The summed E-state index contributed by atoms with van der Waals surface area (Å²) < 4.78 is 5.59. The van der Waals surface area contributed by atoms with Gasteiger partial charge in [0, 0.05) is 30.6 Å². The minimum Gasteiger partial charge on any atom is -0.508 e. The second-order valence-corrected chi connectivity index (χ2v) is 5.87. The Morgan fingerprint density at radius 1 is 1.04 bits per heavy atom. The Morgan fingerprint density at radius 2 is 1.72 bits per heavy atom. The van der Waals surface area contributed by atoms with Gasteiger partial charge in [-0.25, -0.2) is 0 Å². The number of hydrogen-bond donors (Lipinski definition) is 4. The first-order valence-electron chi connectivity index (χ1n) is 7.87. The second-order valence-electron chi connectivity index (χ2n) is 5.87. The van der Waals surface area contributed by atoms with Crippen LogP contribution in [0.3, 0.4) is 0 Å². The fourth-order valence-electron chi connectivity index (χ4n) is 2.65. The topological polar surface area (TPSA) is 73.8 Å². The largest absolute Gasteiger partial charge is 0.508 e. The van der Waals surface area contributed by atoms with Gasteiger partial charge in [-0.15, -0.1) is 24.8 Å². The Bertz CT molecular complexity index is 675. The zero-order valence-corrected chi connectivity index (χ0v) is 15.6. The lowest BCUT2D eigenvalue weighted by Gasteiger charge is -2.13. The Balaban J connectivity index is 0.00000156.